The van der Waals surface area contributed by atoms with Gasteiger partial charge in [-0.2, -0.15) is 11.8 Å². The predicted molar refractivity (Wildman–Crippen MR) is 84.7 cm³/mol. The number of rotatable bonds is 3. The van der Waals surface area contributed by atoms with Gasteiger partial charge in [-0.15, -0.1) is 0 Å². The first-order valence-electron chi connectivity index (χ1n) is 6.60. The molecule has 0 unspecified atom stereocenters. The molecule has 1 aromatic rings. The standard InChI is InChI=1S/C14H19ClN2O2S/c1-10-2-3-11(15)8-12(10)17-13(18)16-9-14(19)4-6-20-7-5-14/h2-3,8,19H,4-7,9H2,1H3,(H2,16,17,18). The van der Waals surface area contributed by atoms with E-state index in [1.54, 1.807) is 12.1 Å². The molecule has 0 bridgehead atoms. The first kappa shape index (κ1) is 15.5. The lowest BCUT2D eigenvalue weighted by molar-refractivity contribution is 0.0351. The van der Waals surface area contributed by atoms with Crippen LogP contribution in [-0.4, -0.2) is 34.8 Å². The van der Waals surface area contributed by atoms with Crippen LogP contribution in [0.4, 0.5) is 10.5 Å². The second kappa shape index (κ2) is 6.70. The van der Waals surface area contributed by atoms with Crippen LogP contribution in [0.3, 0.4) is 0 Å². The minimum Gasteiger partial charge on any atom is -0.388 e. The van der Waals surface area contributed by atoms with E-state index in [0.29, 0.717) is 23.6 Å². The van der Waals surface area contributed by atoms with E-state index in [4.69, 9.17) is 11.6 Å². The van der Waals surface area contributed by atoms with Crippen molar-refractivity contribution in [3.05, 3.63) is 28.8 Å². The smallest absolute Gasteiger partial charge is 0.319 e. The average Bonchev–Trinajstić information content (AvgIpc) is 2.42. The zero-order valence-corrected chi connectivity index (χ0v) is 13.0. The number of halogens is 1. The molecule has 110 valence electrons. The molecular weight excluding hydrogens is 296 g/mol. The first-order valence-corrected chi connectivity index (χ1v) is 8.13. The lowest BCUT2D eigenvalue weighted by atomic mass is 9.97. The van der Waals surface area contributed by atoms with E-state index in [2.05, 4.69) is 10.6 Å². The fraction of sp³-hybridized carbons (Fsp3) is 0.500. The zero-order chi connectivity index (χ0) is 14.6. The van der Waals surface area contributed by atoms with Gasteiger partial charge in [0.15, 0.2) is 0 Å². The summed E-state index contributed by atoms with van der Waals surface area (Å²) in [5.41, 5.74) is 0.852. The molecule has 1 aromatic carbocycles. The van der Waals surface area contributed by atoms with Crippen LogP contribution in [0.5, 0.6) is 0 Å². The molecule has 2 amide bonds. The van der Waals surface area contributed by atoms with Gasteiger partial charge in [-0.05, 0) is 49.0 Å². The summed E-state index contributed by atoms with van der Waals surface area (Å²) in [5.74, 6) is 1.88. The highest BCUT2D eigenvalue weighted by Gasteiger charge is 2.29. The summed E-state index contributed by atoms with van der Waals surface area (Å²) >= 11 is 7.74. The molecule has 0 aliphatic carbocycles. The number of anilines is 1. The van der Waals surface area contributed by atoms with Gasteiger partial charge in [0.1, 0.15) is 0 Å². The largest absolute Gasteiger partial charge is 0.388 e. The Morgan fingerprint density at radius 3 is 2.85 bits per heavy atom. The Labute approximate surface area is 128 Å². The Bertz CT molecular complexity index is 490. The Morgan fingerprint density at radius 1 is 1.45 bits per heavy atom. The molecule has 20 heavy (non-hydrogen) atoms. The number of aliphatic hydroxyl groups is 1. The SMILES string of the molecule is Cc1ccc(Cl)cc1NC(=O)NCC1(O)CCSCC1. The molecule has 2 rings (SSSR count). The first-order chi connectivity index (χ1) is 9.48. The number of hydrogen-bond acceptors (Lipinski definition) is 3. The molecule has 4 nitrogen and oxygen atoms in total. The van der Waals surface area contributed by atoms with Gasteiger partial charge in [-0.1, -0.05) is 17.7 Å². The van der Waals surface area contributed by atoms with E-state index in [1.165, 1.54) is 0 Å². The van der Waals surface area contributed by atoms with Crippen molar-refractivity contribution in [3.8, 4) is 0 Å². The molecule has 1 aliphatic heterocycles. The Kier molecular flexibility index (Phi) is 5.18. The second-order valence-corrected chi connectivity index (χ2v) is 6.76. The number of thioether (sulfide) groups is 1. The third-order valence-corrected chi connectivity index (χ3v) is 4.67. The quantitative estimate of drug-likeness (QED) is 0.803. The van der Waals surface area contributed by atoms with E-state index < -0.39 is 5.60 Å². The number of amides is 2. The third-order valence-electron chi connectivity index (χ3n) is 3.45. The highest BCUT2D eigenvalue weighted by molar-refractivity contribution is 7.99. The van der Waals surface area contributed by atoms with E-state index in [0.717, 1.165) is 17.1 Å². The number of carbonyl (C=O) groups excluding carboxylic acids is 1. The summed E-state index contributed by atoms with van der Waals surface area (Å²) in [6, 6.07) is 5.02. The highest BCUT2D eigenvalue weighted by atomic mass is 35.5. The maximum absolute atomic E-state index is 11.9. The molecule has 1 aliphatic rings. The molecule has 0 saturated carbocycles. The van der Waals surface area contributed by atoms with Crippen LogP contribution in [0, 0.1) is 6.92 Å². The Morgan fingerprint density at radius 2 is 2.15 bits per heavy atom. The summed E-state index contributed by atoms with van der Waals surface area (Å²) in [5, 5.41) is 16.4. The minimum atomic E-state index is -0.772. The summed E-state index contributed by atoms with van der Waals surface area (Å²) in [7, 11) is 0. The fourth-order valence-corrected chi connectivity index (χ4v) is 3.49. The van der Waals surface area contributed by atoms with Gasteiger partial charge in [0.05, 0.1) is 5.60 Å². The molecule has 0 spiro atoms. The zero-order valence-electron chi connectivity index (χ0n) is 11.4. The maximum atomic E-state index is 11.9. The van der Waals surface area contributed by atoms with Crippen LogP contribution in [0.1, 0.15) is 18.4 Å². The van der Waals surface area contributed by atoms with Gasteiger partial charge in [-0.3, -0.25) is 0 Å². The van der Waals surface area contributed by atoms with Crippen LogP contribution < -0.4 is 10.6 Å². The number of urea groups is 1. The van der Waals surface area contributed by atoms with Crippen molar-refractivity contribution in [1.82, 2.24) is 5.32 Å². The fourth-order valence-electron chi connectivity index (χ4n) is 2.07. The topological polar surface area (TPSA) is 61.4 Å². The molecule has 1 fully saturated rings. The summed E-state index contributed by atoms with van der Waals surface area (Å²) in [6.45, 7) is 2.18. The lowest BCUT2D eigenvalue weighted by Gasteiger charge is -2.31. The number of aryl methyl sites for hydroxylation is 1. The molecule has 0 aromatic heterocycles. The van der Waals surface area contributed by atoms with Gasteiger partial charge >= 0.3 is 6.03 Å². The third kappa shape index (κ3) is 4.30. The highest BCUT2D eigenvalue weighted by Crippen LogP contribution is 2.26. The monoisotopic (exact) mass is 314 g/mol. The van der Waals surface area contributed by atoms with Crippen LogP contribution in [-0.2, 0) is 0 Å². The molecule has 0 radical (unpaired) electrons. The minimum absolute atomic E-state index is 0.277. The average molecular weight is 315 g/mol. The van der Waals surface area contributed by atoms with Gasteiger partial charge < -0.3 is 15.7 Å². The van der Waals surface area contributed by atoms with E-state index in [9.17, 15) is 9.90 Å². The molecular formula is C14H19ClN2O2S. The Hall–Kier alpha value is -0.910. The van der Waals surface area contributed by atoms with Gasteiger partial charge in [0.25, 0.3) is 0 Å². The maximum Gasteiger partial charge on any atom is 0.319 e. The van der Waals surface area contributed by atoms with Crippen LogP contribution in [0.15, 0.2) is 18.2 Å². The van der Waals surface area contributed by atoms with Crippen molar-refractivity contribution in [2.45, 2.75) is 25.4 Å². The van der Waals surface area contributed by atoms with Crippen LogP contribution >= 0.6 is 23.4 Å². The van der Waals surface area contributed by atoms with E-state index in [-0.39, 0.29) is 12.6 Å². The van der Waals surface area contributed by atoms with Crippen molar-refractivity contribution in [2.75, 3.05) is 23.4 Å². The van der Waals surface area contributed by atoms with Gasteiger partial charge in [0.2, 0.25) is 0 Å². The second-order valence-electron chi connectivity index (χ2n) is 5.10. The van der Waals surface area contributed by atoms with Crippen molar-refractivity contribution in [1.29, 1.82) is 0 Å². The lowest BCUT2D eigenvalue weighted by Crippen LogP contribution is -2.46. The van der Waals surface area contributed by atoms with E-state index in [1.807, 2.05) is 24.8 Å². The Balaban J connectivity index is 1.87. The molecule has 0 atom stereocenters. The van der Waals surface area contributed by atoms with Crippen molar-refractivity contribution in [3.63, 3.8) is 0 Å². The number of nitrogens with one attached hydrogen (secondary N) is 2. The molecule has 1 saturated heterocycles. The summed E-state index contributed by atoms with van der Waals surface area (Å²) in [6.07, 6.45) is 1.43. The van der Waals surface area contributed by atoms with Crippen molar-refractivity contribution in [2.24, 2.45) is 0 Å². The molecule has 3 N–H and O–H groups in total. The van der Waals surface area contributed by atoms with Gasteiger partial charge in [0, 0.05) is 17.3 Å². The van der Waals surface area contributed by atoms with Crippen molar-refractivity contribution < 1.29 is 9.90 Å². The number of carbonyl (C=O) groups is 1. The summed E-state index contributed by atoms with van der Waals surface area (Å²) < 4.78 is 0. The van der Waals surface area contributed by atoms with Gasteiger partial charge in [-0.25, -0.2) is 4.79 Å². The molecule has 6 heteroatoms. The number of hydrogen-bond donors (Lipinski definition) is 3. The summed E-state index contributed by atoms with van der Waals surface area (Å²) in [4.78, 5) is 11.9. The normalized spacial score (nSPS) is 17.6. The van der Waals surface area contributed by atoms with Crippen LogP contribution in [0.25, 0.3) is 0 Å². The van der Waals surface area contributed by atoms with Crippen LogP contribution in [0.2, 0.25) is 5.02 Å². The molecule has 1 heterocycles. The predicted octanol–water partition coefficient (Wildman–Crippen LogP) is 3.03. The van der Waals surface area contributed by atoms with E-state index >= 15 is 0 Å². The van der Waals surface area contributed by atoms with Crippen molar-refractivity contribution >= 4 is 35.1 Å². The number of benzene rings is 1.